The number of carbonyl (C=O) groups excluding carboxylic acids is 1. The van der Waals surface area contributed by atoms with Gasteiger partial charge in [0.05, 0.1) is 6.04 Å². The van der Waals surface area contributed by atoms with Gasteiger partial charge in [-0.05, 0) is 25.0 Å². The number of benzene rings is 1. The molecule has 29 heavy (non-hydrogen) atoms. The number of imidazole rings is 1. The molecule has 1 aliphatic heterocycles. The highest BCUT2D eigenvalue weighted by Crippen LogP contribution is 2.32. The Bertz CT molecular complexity index is 926. The van der Waals surface area contributed by atoms with Gasteiger partial charge in [0.25, 0.3) is 0 Å². The molecule has 0 bridgehead atoms. The SMILES string of the molecule is CC1c2nc(C(F)(F)F)cn2CCN1C(=O)C[C@H](N)Cc1cc(F)c(F)cc1F. The van der Waals surface area contributed by atoms with E-state index in [1.807, 2.05) is 0 Å². The van der Waals surface area contributed by atoms with E-state index in [0.29, 0.717) is 12.1 Å². The molecule has 1 aliphatic rings. The average Bonchev–Trinajstić information content (AvgIpc) is 3.05. The lowest BCUT2D eigenvalue weighted by atomic mass is 10.0. The van der Waals surface area contributed by atoms with Gasteiger partial charge in [-0.1, -0.05) is 0 Å². The standard InChI is InChI=1S/C18H18F6N4O/c1-9-17-26-15(18(22,23)24)8-27(17)2-3-28(9)16(29)6-11(25)4-10-5-13(20)14(21)7-12(10)19/h5,7-9,11H,2-4,6,25H2,1H3/t9?,11-/m1/s1. The molecule has 0 aliphatic carbocycles. The summed E-state index contributed by atoms with van der Waals surface area (Å²) in [4.78, 5) is 17.5. The fourth-order valence-corrected chi connectivity index (χ4v) is 3.38. The maximum atomic E-state index is 13.7. The Kier molecular flexibility index (Phi) is 5.61. The van der Waals surface area contributed by atoms with E-state index in [4.69, 9.17) is 5.73 Å². The third-order valence-corrected chi connectivity index (χ3v) is 4.85. The first-order chi connectivity index (χ1) is 13.5. The normalized spacial score (nSPS) is 17.9. The van der Waals surface area contributed by atoms with Crippen LogP contribution in [0, 0.1) is 17.5 Å². The van der Waals surface area contributed by atoms with Gasteiger partial charge in [-0.3, -0.25) is 4.79 Å². The number of nitrogens with zero attached hydrogens (tertiary/aromatic N) is 3. The highest BCUT2D eigenvalue weighted by Gasteiger charge is 2.38. The number of aromatic nitrogens is 2. The smallest absolute Gasteiger partial charge is 0.331 e. The monoisotopic (exact) mass is 420 g/mol. The van der Waals surface area contributed by atoms with E-state index in [0.717, 1.165) is 6.20 Å². The molecule has 1 unspecified atom stereocenters. The number of fused-ring (bicyclic) bond motifs is 1. The minimum absolute atomic E-state index is 0.108. The van der Waals surface area contributed by atoms with E-state index < -0.39 is 47.3 Å². The van der Waals surface area contributed by atoms with Crippen LogP contribution in [0.2, 0.25) is 0 Å². The molecule has 11 heteroatoms. The van der Waals surface area contributed by atoms with E-state index in [9.17, 15) is 31.1 Å². The van der Waals surface area contributed by atoms with Crippen LogP contribution in [0.15, 0.2) is 18.3 Å². The maximum absolute atomic E-state index is 13.7. The Hall–Kier alpha value is -2.56. The van der Waals surface area contributed by atoms with E-state index in [2.05, 4.69) is 4.98 Å². The summed E-state index contributed by atoms with van der Waals surface area (Å²) in [5.41, 5.74) is 4.68. The zero-order valence-corrected chi connectivity index (χ0v) is 15.3. The summed E-state index contributed by atoms with van der Waals surface area (Å²) in [6, 6.07) is -0.501. The number of amides is 1. The van der Waals surface area contributed by atoms with Crippen LogP contribution in [0.5, 0.6) is 0 Å². The van der Waals surface area contributed by atoms with Gasteiger partial charge in [0.2, 0.25) is 5.91 Å². The summed E-state index contributed by atoms with van der Waals surface area (Å²) in [6.07, 6.45) is -4.12. The number of alkyl halides is 3. The van der Waals surface area contributed by atoms with Crippen molar-refractivity contribution in [2.75, 3.05) is 6.54 Å². The Morgan fingerprint density at radius 1 is 1.21 bits per heavy atom. The number of rotatable bonds is 4. The van der Waals surface area contributed by atoms with Gasteiger partial charge in [-0.15, -0.1) is 0 Å². The molecular formula is C18H18F6N4O. The Morgan fingerprint density at radius 2 is 1.86 bits per heavy atom. The van der Waals surface area contributed by atoms with Crippen LogP contribution in [0.1, 0.15) is 36.5 Å². The molecule has 1 aromatic carbocycles. The number of carbonyl (C=O) groups is 1. The Morgan fingerprint density at radius 3 is 2.52 bits per heavy atom. The van der Waals surface area contributed by atoms with E-state index in [1.165, 1.54) is 9.47 Å². The lowest BCUT2D eigenvalue weighted by Gasteiger charge is -2.34. The topological polar surface area (TPSA) is 64.2 Å². The van der Waals surface area contributed by atoms with Gasteiger partial charge in [-0.25, -0.2) is 18.2 Å². The molecule has 0 saturated heterocycles. The third-order valence-electron chi connectivity index (χ3n) is 4.85. The third kappa shape index (κ3) is 4.39. The van der Waals surface area contributed by atoms with Crippen LogP contribution < -0.4 is 5.73 Å². The number of hydrogen-bond donors (Lipinski definition) is 1. The highest BCUT2D eigenvalue weighted by atomic mass is 19.4. The van der Waals surface area contributed by atoms with Crippen molar-refractivity contribution in [3.63, 3.8) is 0 Å². The highest BCUT2D eigenvalue weighted by molar-refractivity contribution is 5.77. The van der Waals surface area contributed by atoms with Crippen molar-refractivity contribution in [1.82, 2.24) is 14.5 Å². The molecule has 0 spiro atoms. The second-order valence-corrected chi connectivity index (χ2v) is 6.96. The van der Waals surface area contributed by atoms with Gasteiger partial charge in [0, 0.05) is 37.8 Å². The van der Waals surface area contributed by atoms with E-state index in [-0.39, 0.29) is 37.3 Å². The van der Waals surface area contributed by atoms with Crippen molar-refractivity contribution in [1.29, 1.82) is 0 Å². The molecule has 3 rings (SSSR count). The molecule has 2 heterocycles. The minimum atomic E-state index is -4.59. The fraction of sp³-hybridized carbons (Fsp3) is 0.444. The van der Waals surface area contributed by atoms with Crippen LogP contribution in [0.25, 0.3) is 0 Å². The summed E-state index contributed by atoms with van der Waals surface area (Å²) < 4.78 is 80.0. The zero-order chi connectivity index (χ0) is 21.5. The summed E-state index contributed by atoms with van der Waals surface area (Å²) >= 11 is 0. The number of nitrogens with two attached hydrogens (primary N) is 1. The Labute approximate surface area is 162 Å². The lowest BCUT2D eigenvalue weighted by Crippen LogP contribution is -2.43. The lowest BCUT2D eigenvalue weighted by molar-refractivity contribution is -0.141. The molecule has 0 fully saturated rings. The predicted molar refractivity (Wildman–Crippen MR) is 90.0 cm³/mol. The molecule has 1 amide bonds. The predicted octanol–water partition coefficient (Wildman–Crippen LogP) is 3.18. The maximum Gasteiger partial charge on any atom is 0.434 e. The van der Waals surface area contributed by atoms with Gasteiger partial charge < -0.3 is 15.2 Å². The van der Waals surface area contributed by atoms with Crippen LogP contribution in [0.4, 0.5) is 26.3 Å². The largest absolute Gasteiger partial charge is 0.434 e. The van der Waals surface area contributed by atoms with Crippen LogP contribution in [-0.2, 0) is 23.9 Å². The van der Waals surface area contributed by atoms with Crippen LogP contribution >= 0.6 is 0 Å². The summed E-state index contributed by atoms with van der Waals surface area (Å²) in [7, 11) is 0. The van der Waals surface area contributed by atoms with Crippen molar-refractivity contribution in [3.8, 4) is 0 Å². The fourth-order valence-electron chi connectivity index (χ4n) is 3.38. The first-order valence-electron chi connectivity index (χ1n) is 8.80. The molecule has 0 saturated carbocycles. The average molecular weight is 420 g/mol. The van der Waals surface area contributed by atoms with Gasteiger partial charge in [0.15, 0.2) is 17.3 Å². The molecule has 2 N–H and O–H groups in total. The molecule has 2 atom stereocenters. The summed E-state index contributed by atoms with van der Waals surface area (Å²) in [6.45, 7) is 1.85. The van der Waals surface area contributed by atoms with Gasteiger partial charge >= 0.3 is 6.18 Å². The number of halogens is 6. The number of hydrogen-bond acceptors (Lipinski definition) is 3. The van der Waals surface area contributed by atoms with Crippen LogP contribution in [-0.4, -0.2) is 32.9 Å². The molecule has 2 aromatic rings. The van der Waals surface area contributed by atoms with Crippen molar-refractivity contribution < 1.29 is 31.1 Å². The zero-order valence-electron chi connectivity index (χ0n) is 15.3. The second kappa shape index (κ2) is 7.69. The summed E-state index contributed by atoms with van der Waals surface area (Å²) in [5.74, 6) is -3.86. The van der Waals surface area contributed by atoms with Crippen molar-refractivity contribution in [2.45, 2.75) is 44.6 Å². The van der Waals surface area contributed by atoms with Crippen LogP contribution in [0.3, 0.4) is 0 Å². The second-order valence-electron chi connectivity index (χ2n) is 6.96. The van der Waals surface area contributed by atoms with E-state index >= 15 is 0 Å². The van der Waals surface area contributed by atoms with Crippen molar-refractivity contribution >= 4 is 5.91 Å². The Balaban J connectivity index is 1.68. The van der Waals surface area contributed by atoms with Gasteiger partial charge in [-0.2, -0.15) is 13.2 Å². The van der Waals surface area contributed by atoms with Crippen molar-refractivity contribution in [2.24, 2.45) is 5.73 Å². The molecule has 0 radical (unpaired) electrons. The quantitative estimate of drug-likeness (QED) is 0.611. The first kappa shape index (κ1) is 21.2. The van der Waals surface area contributed by atoms with Crippen molar-refractivity contribution in [3.05, 3.63) is 52.9 Å². The minimum Gasteiger partial charge on any atom is -0.331 e. The first-order valence-corrected chi connectivity index (χ1v) is 8.80. The van der Waals surface area contributed by atoms with E-state index in [1.54, 1.807) is 6.92 Å². The molecule has 1 aromatic heterocycles. The molecular weight excluding hydrogens is 402 g/mol. The molecule has 5 nitrogen and oxygen atoms in total. The van der Waals surface area contributed by atoms with Gasteiger partial charge in [0.1, 0.15) is 11.6 Å². The summed E-state index contributed by atoms with van der Waals surface area (Å²) in [5, 5.41) is 0. The molecule has 158 valence electrons.